The van der Waals surface area contributed by atoms with Gasteiger partial charge in [0.05, 0.1) is 11.6 Å². The van der Waals surface area contributed by atoms with E-state index in [0.29, 0.717) is 32.1 Å². The number of nitrogens with one attached hydrogen (secondary N) is 3. The quantitative estimate of drug-likeness (QED) is 0.540. The van der Waals surface area contributed by atoms with Crippen molar-refractivity contribution >= 4 is 68.1 Å². The van der Waals surface area contributed by atoms with Gasteiger partial charge in [0.15, 0.2) is 5.11 Å². The molecule has 1 atom stereocenters. The maximum absolute atomic E-state index is 13.0. The Balaban J connectivity index is 1.97. The van der Waals surface area contributed by atoms with Crippen molar-refractivity contribution in [2.75, 3.05) is 5.32 Å². The zero-order valence-corrected chi connectivity index (χ0v) is 17.5. The van der Waals surface area contributed by atoms with Crippen LogP contribution in [0.3, 0.4) is 0 Å². The van der Waals surface area contributed by atoms with Crippen LogP contribution in [0.25, 0.3) is 0 Å². The molecule has 3 N–H and O–H groups in total. The lowest BCUT2D eigenvalue weighted by Gasteiger charge is -2.31. The molecule has 0 bridgehead atoms. The topological polar surface area (TPSA) is 53.2 Å². The standard InChI is InChI=1S/C18H14BrCl2N3OS/c1-9-15(17(25)23-12-5-2-10(19)3-6-12)16(24-18(26)22-9)13-7-4-11(20)8-14(13)21/h2-8,16H,1H3,(H,23,25)(H2,22,24,26)/t16-/m1/s1. The molecule has 134 valence electrons. The lowest BCUT2D eigenvalue weighted by molar-refractivity contribution is -0.113. The van der Waals surface area contributed by atoms with Gasteiger partial charge in [-0.05, 0) is 61.1 Å². The summed E-state index contributed by atoms with van der Waals surface area (Å²) in [5.74, 6) is -0.247. The average molecular weight is 471 g/mol. The summed E-state index contributed by atoms with van der Waals surface area (Å²) in [6.07, 6.45) is 0. The number of amides is 1. The van der Waals surface area contributed by atoms with E-state index in [9.17, 15) is 4.79 Å². The van der Waals surface area contributed by atoms with E-state index in [1.807, 2.05) is 24.3 Å². The zero-order valence-electron chi connectivity index (χ0n) is 13.6. The van der Waals surface area contributed by atoms with Crippen molar-refractivity contribution in [2.24, 2.45) is 0 Å². The normalized spacial score (nSPS) is 16.8. The Hall–Kier alpha value is -1.60. The second-order valence-corrected chi connectivity index (χ2v) is 7.86. The molecule has 0 saturated heterocycles. The van der Waals surface area contributed by atoms with Crippen LogP contribution in [0.1, 0.15) is 18.5 Å². The first kappa shape index (κ1) is 19.2. The summed E-state index contributed by atoms with van der Waals surface area (Å²) >= 11 is 21.0. The van der Waals surface area contributed by atoms with Crippen molar-refractivity contribution in [3.8, 4) is 0 Å². The van der Waals surface area contributed by atoms with Crippen LogP contribution >= 0.6 is 51.3 Å². The highest BCUT2D eigenvalue weighted by Crippen LogP contribution is 2.33. The van der Waals surface area contributed by atoms with Gasteiger partial charge in [0.1, 0.15) is 0 Å². The van der Waals surface area contributed by atoms with Crippen molar-refractivity contribution in [1.82, 2.24) is 10.6 Å². The molecule has 0 spiro atoms. The lowest BCUT2D eigenvalue weighted by atomic mass is 9.95. The number of thiocarbonyl (C=S) groups is 1. The minimum absolute atomic E-state index is 0.247. The Morgan fingerprint density at radius 1 is 1.19 bits per heavy atom. The van der Waals surface area contributed by atoms with E-state index in [4.69, 9.17) is 35.4 Å². The lowest BCUT2D eigenvalue weighted by Crippen LogP contribution is -2.45. The number of carbonyl (C=O) groups is 1. The third-order valence-electron chi connectivity index (χ3n) is 3.89. The molecule has 1 aliphatic rings. The first-order valence-corrected chi connectivity index (χ1v) is 9.61. The molecular weight excluding hydrogens is 457 g/mol. The predicted octanol–water partition coefficient (Wildman–Crippen LogP) is 5.19. The van der Waals surface area contributed by atoms with Gasteiger partial charge in [-0.1, -0.05) is 45.2 Å². The van der Waals surface area contributed by atoms with E-state index in [0.717, 1.165) is 10.0 Å². The van der Waals surface area contributed by atoms with Crippen molar-refractivity contribution in [2.45, 2.75) is 13.0 Å². The van der Waals surface area contributed by atoms with Crippen LogP contribution in [0.2, 0.25) is 10.0 Å². The van der Waals surface area contributed by atoms with Crippen LogP contribution in [0.4, 0.5) is 5.69 Å². The largest absolute Gasteiger partial charge is 0.351 e. The molecule has 1 aliphatic heterocycles. The molecule has 4 nitrogen and oxygen atoms in total. The summed E-state index contributed by atoms with van der Waals surface area (Å²) in [7, 11) is 0. The molecule has 0 radical (unpaired) electrons. The number of halogens is 3. The van der Waals surface area contributed by atoms with Gasteiger partial charge in [-0.25, -0.2) is 0 Å². The molecule has 0 aliphatic carbocycles. The molecule has 8 heteroatoms. The van der Waals surface area contributed by atoms with Crippen LogP contribution in [0.15, 0.2) is 58.2 Å². The molecule has 1 amide bonds. The fourth-order valence-corrected chi connectivity index (χ4v) is 3.75. The van der Waals surface area contributed by atoms with Gasteiger partial charge >= 0.3 is 0 Å². The molecule has 2 aromatic carbocycles. The van der Waals surface area contributed by atoms with Crippen molar-refractivity contribution in [3.05, 3.63) is 73.8 Å². The van der Waals surface area contributed by atoms with Gasteiger partial charge in [-0.2, -0.15) is 0 Å². The fourth-order valence-electron chi connectivity index (χ4n) is 2.70. The van der Waals surface area contributed by atoms with E-state index in [1.165, 1.54) is 0 Å². The number of hydrogen-bond donors (Lipinski definition) is 3. The highest BCUT2D eigenvalue weighted by molar-refractivity contribution is 9.10. The van der Waals surface area contributed by atoms with Gasteiger partial charge in [0, 0.05) is 25.9 Å². The molecule has 0 aromatic heterocycles. The molecule has 0 saturated carbocycles. The van der Waals surface area contributed by atoms with Crippen LogP contribution in [-0.4, -0.2) is 11.0 Å². The monoisotopic (exact) mass is 469 g/mol. The Bertz CT molecular complexity index is 915. The molecule has 0 fully saturated rings. The summed E-state index contributed by atoms with van der Waals surface area (Å²) in [4.78, 5) is 13.0. The molecule has 1 heterocycles. The Morgan fingerprint density at radius 2 is 1.88 bits per heavy atom. The predicted molar refractivity (Wildman–Crippen MR) is 114 cm³/mol. The molecule has 3 rings (SSSR count). The zero-order chi connectivity index (χ0) is 18.8. The third-order valence-corrected chi connectivity index (χ3v) is 5.20. The highest BCUT2D eigenvalue weighted by Gasteiger charge is 2.31. The van der Waals surface area contributed by atoms with Crippen molar-refractivity contribution in [1.29, 1.82) is 0 Å². The van der Waals surface area contributed by atoms with Crippen LogP contribution in [0.5, 0.6) is 0 Å². The van der Waals surface area contributed by atoms with Gasteiger partial charge in [0.25, 0.3) is 5.91 Å². The van der Waals surface area contributed by atoms with E-state index < -0.39 is 6.04 Å². The highest BCUT2D eigenvalue weighted by atomic mass is 79.9. The van der Waals surface area contributed by atoms with Crippen molar-refractivity contribution < 1.29 is 4.79 Å². The molecule has 26 heavy (non-hydrogen) atoms. The Labute approximate surface area is 175 Å². The summed E-state index contributed by atoms with van der Waals surface area (Å²) in [6, 6.07) is 12.0. The fraction of sp³-hybridized carbons (Fsp3) is 0.111. The molecular formula is C18H14BrCl2N3OS. The van der Waals surface area contributed by atoms with Crippen LogP contribution in [-0.2, 0) is 4.79 Å². The third kappa shape index (κ3) is 4.20. The minimum Gasteiger partial charge on any atom is -0.351 e. The maximum atomic E-state index is 13.0. The second-order valence-electron chi connectivity index (χ2n) is 5.70. The SMILES string of the molecule is CC1=C(C(=O)Nc2ccc(Br)cc2)[C@@H](c2ccc(Cl)cc2Cl)NC(=S)N1. The first-order valence-electron chi connectivity index (χ1n) is 7.65. The smallest absolute Gasteiger partial charge is 0.255 e. The van der Waals surface area contributed by atoms with Crippen LogP contribution in [0, 0.1) is 0 Å². The number of anilines is 1. The maximum Gasteiger partial charge on any atom is 0.255 e. The number of carbonyl (C=O) groups excluding carboxylic acids is 1. The van der Waals surface area contributed by atoms with Gasteiger partial charge in [0.2, 0.25) is 0 Å². The summed E-state index contributed by atoms with van der Waals surface area (Å²) < 4.78 is 0.933. The van der Waals surface area contributed by atoms with E-state index >= 15 is 0 Å². The molecule has 0 unspecified atom stereocenters. The number of hydrogen-bond acceptors (Lipinski definition) is 2. The van der Waals surface area contributed by atoms with Gasteiger partial charge in [-0.15, -0.1) is 0 Å². The van der Waals surface area contributed by atoms with E-state index in [2.05, 4.69) is 31.9 Å². The Morgan fingerprint density at radius 3 is 2.54 bits per heavy atom. The first-order chi connectivity index (χ1) is 12.3. The summed E-state index contributed by atoms with van der Waals surface area (Å²) in [5.41, 5.74) is 2.58. The average Bonchev–Trinajstić information content (AvgIpc) is 2.56. The number of benzene rings is 2. The number of allylic oxidation sites excluding steroid dienone is 1. The summed E-state index contributed by atoms with van der Waals surface area (Å²) in [5, 5.41) is 10.4. The van der Waals surface area contributed by atoms with E-state index in [1.54, 1.807) is 25.1 Å². The molecule has 2 aromatic rings. The van der Waals surface area contributed by atoms with Gasteiger partial charge in [-0.3, -0.25) is 4.79 Å². The summed E-state index contributed by atoms with van der Waals surface area (Å²) in [6.45, 7) is 1.81. The van der Waals surface area contributed by atoms with E-state index in [-0.39, 0.29) is 5.91 Å². The second kappa shape index (κ2) is 7.96. The van der Waals surface area contributed by atoms with Crippen molar-refractivity contribution in [3.63, 3.8) is 0 Å². The number of rotatable bonds is 3. The Kier molecular flexibility index (Phi) is 5.87. The van der Waals surface area contributed by atoms with Gasteiger partial charge < -0.3 is 16.0 Å². The minimum atomic E-state index is -0.482. The van der Waals surface area contributed by atoms with Crippen LogP contribution < -0.4 is 16.0 Å².